The number of carbonyl (C=O) groups is 1. The predicted molar refractivity (Wildman–Crippen MR) is 85.5 cm³/mol. The van der Waals surface area contributed by atoms with Gasteiger partial charge in [0.05, 0.1) is 16.2 Å². The number of rotatable bonds is 2. The number of nitrogens with one attached hydrogen (secondary N) is 2. The van der Waals surface area contributed by atoms with Gasteiger partial charge in [0, 0.05) is 18.8 Å². The summed E-state index contributed by atoms with van der Waals surface area (Å²) in [6.45, 7) is 0. The van der Waals surface area contributed by atoms with E-state index < -0.39 is 11.8 Å². The fourth-order valence-electron chi connectivity index (χ4n) is 2.06. The zero-order valence-electron chi connectivity index (χ0n) is 11.6. The summed E-state index contributed by atoms with van der Waals surface area (Å²) in [5, 5.41) is 5.75. The highest BCUT2D eigenvalue weighted by molar-refractivity contribution is 6.33. The average Bonchev–Trinajstić information content (AvgIpc) is 2.76. The van der Waals surface area contributed by atoms with Crippen LogP contribution in [-0.2, 0) is 7.05 Å². The normalized spacial score (nSPS) is 10.6. The third-order valence-corrected chi connectivity index (χ3v) is 3.50. The molecule has 2 aromatic carbocycles. The number of para-hydroxylation sites is 1. The molecule has 0 atom stereocenters. The number of urea groups is 1. The topological polar surface area (TPSA) is 76.3 Å². The molecule has 0 unspecified atom stereocenters. The number of oxazole rings is 1. The fraction of sp³-hybridized carbons (Fsp3) is 0.0667. The predicted octanol–water partition coefficient (Wildman–Crippen LogP) is 3.43. The summed E-state index contributed by atoms with van der Waals surface area (Å²) in [4.78, 5) is 23.4. The van der Waals surface area contributed by atoms with Crippen molar-refractivity contribution in [2.45, 2.75) is 0 Å². The van der Waals surface area contributed by atoms with Crippen LogP contribution >= 0.6 is 11.6 Å². The molecular formula is C15H12ClN3O3. The number of carbonyl (C=O) groups excluding carboxylic acids is 1. The minimum atomic E-state index is -0.451. The highest BCUT2D eigenvalue weighted by Crippen LogP contribution is 2.21. The van der Waals surface area contributed by atoms with E-state index in [1.165, 1.54) is 4.57 Å². The van der Waals surface area contributed by atoms with Gasteiger partial charge in [0.1, 0.15) is 0 Å². The number of aromatic nitrogens is 1. The van der Waals surface area contributed by atoms with Gasteiger partial charge < -0.3 is 15.1 Å². The summed E-state index contributed by atoms with van der Waals surface area (Å²) in [6, 6.07) is 11.5. The molecule has 2 N–H and O–H groups in total. The highest BCUT2D eigenvalue weighted by Gasteiger charge is 2.09. The van der Waals surface area contributed by atoms with Crippen LogP contribution in [0.3, 0.4) is 0 Å². The molecular weight excluding hydrogens is 306 g/mol. The molecule has 6 nitrogen and oxygen atoms in total. The lowest BCUT2D eigenvalue weighted by atomic mass is 10.3. The molecule has 3 rings (SSSR count). The monoisotopic (exact) mass is 317 g/mol. The van der Waals surface area contributed by atoms with Crippen LogP contribution < -0.4 is 16.4 Å². The number of fused-ring (bicyclic) bond motifs is 1. The first kappa shape index (κ1) is 14.2. The first-order chi connectivity index (χ1) is 10.5. The van der Waals surface area contributed by atoms with E-state index in [0.717, 1.165) is 0 Å². The first-order valence-electron chi connectivity index (χ1n) is 6.47. The number of aryl methyl sites for hydroxylation is 1. The van der Waals surface area contributed by atoms with Gasteiger partial charge in [-0.25, -0.2) is 9.59 Å². The summed E-state index contributed by atoms with van der Waals surface area (Å²) >= 11 is 5.97. The smallest absolute Gasteiger partial charge is 0.408 e. The van der Waals surface area contributed by atoms with Gasteiger partial charge in [-0.1, -0.05) is 23.7 Å². The van der Waals surface area contributed by atoms with E-state index in [9.17, 15) is 9.59 Å². The van der Waals surface area contributed by atoms with E-state index in [4.69, 9.17) is 16.0 Å². The van der Waals surface area contributed by atoms with Gasteiger partial charge in [-0.3, -0.25) is 4.57 Å². The molecule has 0 aliphatic carbocycles. The maximum Gasteiger partial charge on any atom is 0.419 e. The van der Waals surface area contributed by atoms with Gasteiger partial charge in [-0.15, -0.1) is 0 Å². The first-order valence-corrected chi connectivity index (χ1v) is 6.84. The van der Waals surface area contributed by atoms with Crippen LogP contribution in [-0.4, -0.2) is 10.6 Å². The molecule has 0 radical (unpaired) electrons. The highest BCUT2D eigenvalue weighted by atomic mass is 35.5. The van der Waals surface area contributed by atoms with Gasteiger partial charge in [-0.2, -0.15) is 0 Å². The van der Waals surface area contributed by atoms with E-state index >= 15 is 0 Å². The molecule has 2 amide bonds. The zero-order valence-corrected chi connectivity index (χ0v) is 12.3. The molecule has 0 aliphatic rings. The van der Waals surface area contributed by atoms with E-state index in [0.29, 0.717) is 27.5 Å². The molecule has 0 aliphatic heterocycles. The Morgan fingerprint density at radius 1 is 1.18 bits per heavy atom. The molecule has 112 valence electrons. The minimum absolute atomic E-state index is 0.406. The molecule has 3 aromatic rings. The van der Waals surface area contributed by atoms with Crippen molar-refractivity contribution in [2.75, 3.05) is 10.6 Å². The van der Waals surface area contributed by atoms with Crippen molar-refractivity contribution in [1.29, 1.82) is 0 Å². The molecule has 7 heteroatoms. The third-order valence-electron chi connectivity index (χ3n) is 3.17. The van der Waals surface area contributed by atoms with Crippen molar-refractivity contribution < 1.29 is 9.21 Å². The van der Waals surface area contributed by atoms with Crippen molar-refractivity contribution in [3.8, 4) is 0 Å². The molecule has 22 heavy (non-hydrogen) atoms. The van der Waals surface area contributed by atoms with Gasteiger partial charge >= 0.3 is 11.8 Å². The Hall–Kier alpha value is -2.73. The Morgan fingerprint density at radius 2 is 1.95 bits per heavy atom. The largest absolute Gasteiger partial charge is 0.419 e. The van der Waals surface area contributed by atoms with Gasteiger partial charge in [0.25, 0.3) is 0 Å². The van der Waals surface area contributed by atoms with Crippen LogP contribution in [0.1, 0.15) is 0 Å². The minimum Gasteiger partial charge on any atom is -0.408 e. The maximum atomic E-state index is 12.0. The SMILES string of the molecule is Cn1c(=O)oc2cc(NC(=O)Nc3ccccc3Cl)ccc21. The van der Waals surface area contributed by atoms with Crippen LogP contribution in [0.15, 0.2) is 51.7 Å². The Balaban J connectivity index is 1.79. The second-order valence-corrected chi connectivity index (χ2v) is 5.08. The lowest BCUT2D eigenvalue weighted by Crippen LogP contribution is -2.19. The second kappa shape index (κ2) is 5.57. The second-order valence-electron chi connectivity index (χ2n) is 4.67. The van der Waals surface area contributed by atoms with Crippen LogP contribution in [0.4, 0.5) is 16.2 Å². The molecule has 0 bridgehead atoms. The van der Waals surface area contributed by atoms with Crippen molar-refractivity contribution in [3.63, 3.8) is 0 Å². The zero-order chi connectivity index (χ0) is 15.7. The van der Waals surface area contributed by atoms with E-state index in [2.05, 4.69) is 10.6 Å². The van der Waals surface area contributed by atoms with Gasteiger partial charge in [-0.05, 0) is 24.3 Å². The Bertz CT molecular complexity index is 914. The Kier molecular flexibility index (Phi) is 3.60. The quantitative estimate of drug-likeness (QED) is 0.760. The van der Waals surface area contributed by atoms with E-state index in [-0.39, 0.29) is 0 Å². The summed E-state index contributed by atoms with van der Waals surface area (Å²) in [5.74, 6) is -0.451. The fourth-order valence-corrected chi connectivity index (χ4v) is 2.24. The average molecular weight is 318 g/mol. The summed E-state index contributed by atoms with van der Waals surface area (Å²) < 4.78 is 6.46. The number of halogens is 1. The van der Waals surface area contributed by atoms with E-state index in [1.807, 2.05) is 0 Å². The van der Waals surface area contributed by atoms with Crippen molar-refractivity contribution in [3.05, 3.63) is 58.0 Å². The summed E-state index contributed by atoms with van der Waals surface area (Å²) in [5.41, 5.74) is 2.07. The third kappa shape index (κ3) is 2.68. The molecule has 1 aromatic heterocycles. The standard InChI is InChI=1S/C15H12ClN3O3/c1-19-12-7-6-9(8-13(12)22-15(19)21)17-14(20)18-11-5-3-2-4-10(11)16/h2-8H,1H3,(H2,17,18,20). The van der Waals surface area contributed by atoms with Crippen LogP contribution in [0.5, 0.6) is 0 Å². The molecule has 0 saturated carbocycles. The summed E-state index contributed by atoms with van der Waals surface area (Å²) in [6.07, 6.45) is 0. The molecule has 0 saturated heterocycles. The number of hydrogen-bond acceptors (Lipinski definition) is 3. The number of hydrogen-bond donors (Lipinski definition) is 2. The summed E-state index contributed by atoms with van der Waals surface area (Å²) in [7, 11) is 1.62. The van der Waals surface area contributed by atoms with Crippen LogP contribution in [0, 0.1) is 0 Å². The lowest BCUT2D eigenvalue weighted by molar-refractivity contribution is 0.262. The Labute approximate surface area is 130 Å². The molecule has 0 fully saturated rings. The Morgan fingerprint density at radius 3 is 2.73 bits per heavy atom. The number of nitrogens with zero attached hydrogens (tertiary/aromatic N) is 1. The van der Waals surface area contributed by atoms with Gasteiger partial charge in [0.15, 0.2) is 5.58 Å². The maximum absolute atomic E-state index is 12.0. The lowest BCUT2D eigenvalue weighted by Gasteiger charge is -2.08. The van der Waals surface area contributed by atoms with E-state index in [1.54, 1.807) is 49.5 Å². The molecule has 1 heterocycles. The van der Waals surface area contributed by atoms with Crippen LogP contribution in [0.25, 0.3) is 11.1 Å². The number of anilines is 2. The van der Waals surface area contributed by atoms with Gasteiger partial charge in [0.2, 0.25) is 0 Å². The number of benzene rings is 2. The van der Waals surface area contributed by atoms with Crippen LogP contribution in [0.2, 0.25) is 5.02 Å². The molecule has 0 spiro atoms. The number of amides is 2. The van der Waals surface area contributed by atoms with Crippen molar-refractivity contribution in [2.24, 2.45) is 7.05 Å². The van der Waals surface area contributed by atoms with Crippen molar-refractivity contribution >= 4 is 40.1 Å². The van der Waals surface area contributed by atoms with Crippen molar-refractivity contribution in [1.82, 2.24) is 4.57 Å².